The highest BCUT2D eigenvalue weighted by atomic mass is 32.1. The third-order valence-corrected chi connectivity index (χ3v) is 2.64. The van der Waals surface area contributed by atoms with Crippen LogP contribution in [-0.2, 0) is 0 Å². The lowest BCUT2D eigenvalue weighted by atomic mass is 10.5. The lowest BCUT2D eigenvalue weighted by molar-refractivity contribution is 1.01. The van der Waals surface area contributed by atoms with Crippen molar-refractivity contribution >= 4 is 34.9 Å². The van der Waals surface area contributed by atoms with Gasteiger partial charge >= 0.3 is 0 Å². The van der Waals surface area contributed by atoms with E-state index in [0.717, 1.165) is 10.8 Å². The number of thiocarbonyl (C=S) groups is 1. The number of hydrazone groups is 1. The molecule has 5 nitrogen and oxygen atoms in total. The Kier molecular flexibility index (Phi) is 3.28. The van der Waals surface area contributed by atoms with Crippen molar-refractivity contribution in [2.75, 3.05) is 0 Å². The molecule has 2 rings (SSSR count). The summed E-state index contributed by atoms with van der Waals surface area (Å²) in [7, 11) is 0. The SMILES string of the molecule is NC(=S)N/N=C/c1cccn1-c1nccs1. The average molecular weight is 251 g/mol. The standard InChI is InChI=1S/C9H9N5S2/c10-8(15)13-12-6-7-2-1-4-14(7)9-11-3-5-16-9/h1-6H,(H3,10,13,15)/b12-6+. The topological polar surface area (TPSA) is 68.2 Å². The molecule has 82 valence electrons. The minimum absolute atomic E-state index is 0.142. The zero-order valence-corrected chi connectivity index (χ0v) is 9.83. The van der Waals surface area contributed by atoms with Gasteiger partial charge in [0.25, 0.3) is 0 Å². The molecule has 0 fully saturated rings. The third-order valence-electron chi connectivity index (χ3n) is 1.78. The van der Waals surface area contributed by atoms with Crippen LogP contribution in [0.4, 0.5) is 0 Å². The van der Waals surface area contributed by atoms with Gasteiger partial charge in [-0.25, -0.2) is 4.98 Å². The molecule has 0 saturated carbocycles. The van der Waals surface area contributed by atoms with Gasteiger partial charge in [-0.3, -0.25) is 9.99 Å². The fourth-order valence-corrected chi connectivity index (χ4v) is 1.87. The Hall–Kier alpha value is -1.73. The molecule has 3 N–H and O–H groups in total. The van der Waals surface area contributed by atoms with E-state index in [1.54, 1.807) is 23.7 Å². The number of nitrogens with zero attached hydrogens (tertiary/aromatic N) is 3. The number of nitrogens with two attached hydrogens (primary N) is 1. The normalized spacial score (nSPS) is 10.8. The maximum Gasteiger partial charge on any atom is 0.193 e. The second-order valence-corrected chi connectivity index (χ2v) is 4.16. The summed E-state index contributed by atoms with van der Waals surface area (Å²) < 4.78 is 1.93. The van der Waals surface area contributed by atoms with Crippen molar-refractivity contribution in [3.05, 3.63) is 35.6 Å². The Morgan fingerprint density at radius 3 is 3.25 bits per heavy atom. The number of aromatic nitrogens is 2. The molecule has 0 unspecified atom stereocenters. The van der Waals surface area contributed by atoms with Crippen molar-refractivity contribution in [1.29, 1.82) is 0 Å². The Bertz CT molecular complexity index is 500. The smallest absolute Gasteiger partial charge is 0.193 e. The van der Waals surface area contributed by atoms with E-state index in [4.69, 9.17) is 5.73 Å². The molecule has 0 aliphatic heterocycles. The molecule has 2 aromatic heterocycles. The second-order valence-electron chi connectivity index (χ2n) is 2.85. The molecule has 0 aliphatic rings. The maximum atomic E-state index is 5.25. The fourth-order valence-electron chi connectivity index (χ4n) is 1.17. The molecular weight excluding hydrogens is 242 g/mol. The number of rotatable bonds is 3. The molecule has 0 aromatic carbocycles. The van der Waals surface area contributed by atoms with Crippen LogP contribution >= 0.6 is 23.6 Å². The van der Waals surface area contributed by atoms with Gasteiger partial charge in [-0.1, -0.05) is 0 Å². The van der Waals surface area contributed by atoms with E-state index in [1.165, 1.54) is 0 Å². The average Bonchev–Trinajstić information content (AvgIpc) is 2.84. The Morgan fingerprint density at radius 2 is 2.56 bits per heavy atom. The molecule has 7 heteroatoms. The summed E-state index contributed by atoms with van der Waals surface area (Å²) >= 11 is 6.19. The van der Waals surface area contributed by atoms with E-state index < -0.39 is 0 Å². The van der Waals surface area contributed by atoms with E-state index in [2.05, 4.69) is 27.7 Å². The van der Waals surface area contributed by atoms with E-state index in [9.17, 15) is 0 Å². The van der Waals surface area contributed by atoms with E-state index in [0.29, 0.717) is 0 Å². The summed E-state index contributed by atoms with van der Waals surface area (Å²) in [6.45, 7) is 0. The molecule has 0 bridgehead atoms. The van der Waals surface area contributed by atoms with Crippen LogP contribution in [0.2, 0.25) is 0 Å². The summed E-state index contributed by atoms with van der Waals surface area (Å²) in [5, 5.41) is 6.85. The predicted octanol–water partition coefficient (Wildman–Crippen LogP) is 1.10. The van der Waals surface area contributed by atoms with Crippen molar-refractivity contribution in [3.63, 3.8) is 0 Å². The minimum atomic E-state index is 0.142. The fraction of sp³-hybridized carbons (Fsp3) is 0. The summed E-state index contributed by atoms with van der Waals surface area (Å²) in [6.07, 6.45) is 5.32. The molecule has 0 saturated heterocycles. The van der Waals surface area contributed by atoms with Gasteiger partial charge in [-0.15, -0.1) is 11.3 Å². The zero-order valence-electron chi connectivity index (χ0n) is 8.20. The second kappa shape index (κ2) is 4.86. The Balaban J connectivity index is 2.20. The third kappa shape index (κ3) is 2.44. The number of thiazole rings is 1. The van der Waals surface area contributed by atoms with Gasteiger partial charge in [0.1, 0.15) is 0 Å². The molecule has 16 heavy (non-hydrogen) atoms. The van der Waals surface area contributed by atoms with E-state index >= 15 is 0 Å². The van der Waals surface area contributed by atoms with E-state index in [-0.39, 0.29) is 5.11 Å². The van der Waals surface area contributed by atoms with Crippen LogP contribution in [-0.4, -0.2) is 20.9 Å². The number of nitrogens with one attached hydrogen (secondary N) is 1. The predicted molar refractivity (Wildman–Crippen MR) is 69.0 cm³/mol. The van der Waals surface area contributed by atoms with Crippen molar-refractivity contribution in [2.24, 2.45) is 10.8 Å². The van der Waals surface area contributed by atoms with Crippen LogP contribution in [0, 0.1) is 0 Å². The summed E-state index contributed by atoms with van der Waals surface area (Å²) in [5.41, 5.74) is 8.66. The van der Waals surface area contributed by atoms with Crippen molar-refractivity contribution in [2.45, 2.75) is 0 Å². The minimum Gasteiger partial charge on any atom is -0.375 e. The van der Waals surface area contributed by atoms with Crippen LogP contribution in [0.15, 0.2) is 35.0 Å². The first-order valence-corrected chi connectivity index (χ1v) is 5.72. The molecule has 0 atom stereocenters. The first-order valence-electron chi connectivity index (χ1n) is 4.43. The van der Waals surface area contributed by atoms with Crippen LogP contribution in [0.25, 0.3) is 5.13 Å². The molecule has 0 radical (unpaired) electrons. The van der Waals surface area contributed by atoms with Gasteiger partial charge in [0.15, 0.2) is 10.2 Å². The van der Waals surface area contributed by atoms with Gasteiger partial charge < -0.3 is 5.73 Å². The van der Waals surface area contributed by atoms with Gasteiger partial charge in [-0.05, 0) is 24.4 Å². The Labute approximate surface area is 102 Å². The van der Waals surface area contributed by atoms with Crippen molar-refractivity contribution < 1.29 is 0 Å². The molecule has 0 aliphatic carbocycles. The zero-order chi connectivity index (χ0) is 11.4. The highest BCUT2D eigenvalue weighted by Gasteiger charge is 2.02. The van der Waals surface area contributed by atoms with Gasteiger partial charge in [0.05, 0.1) is 11.9 Å². The van der Waals surface area contributed by atoms with Crippen LogP contribution in [0.5, 0.6) is 0 Å². The van der Waals surface area contributed by atoms with Crippen molar-refractivity contribution in [3.8, 4) is 5.13 Å². The van der Waals surface area contributed by atoms with Crippen LogP contribution < -0.4 is 11.2 Å². The lowest BCUT2D eigenvalue weighted by Gasteiger charge is -2.00. The van der Waals surface area contributed by atoms with Gasteiger partial charge in [0, 0.05) is 17.8 Å². The summed E-state index contributed by atoms with van der Waals surface area (Å²) in [4.78, 5) is 4.21. The summed E-state index contributed by atoms with van der Waals surface area (Å²) in [5.74, 6) is 0. The highest BCUT2D eigenvalue weighted by Crippen LogP contribution is 2.13. The monoisotopic (exact) mass is 251 g/mol. The van der Waals surface area contributed by atoms with Gasteiger partial charge in [0.2, 0.25) is 0 Å². The van der Waals surface area contributed by atoms with Crippen LogP contribution in [0.3, 0.4) is 0 Å². The first-order chi connectivity index (χ1) is 7.77. The number of hydrogen-bond donors (Lipinski definition) is 2. The quantitative estimate of drug-likeness (QED) is 0.487. The molecule has 0 spiro atoms. The van der Waals surface area contributed by atoms with E-state index in [1.807, 2.05) is 28.3 Å². The van der Waals surface area contributed by atoms with Gasteiger partial charge in [-0.2, -0.15) is 5.10 Å². The number of hydrogen-bond acceptors (Lipinski definition) is 4. The largest absolute Gasteiger partial charge is 0.375 e. The Morgan fingerprint density at radius 1 is 1.69 bits per heavy atom. The first kappa shape index (κ1) is 10.8. The molecule has 2 aromatic rings. The lowest BCUT2D eigenvalue weighted by Crippen LogP contribution is -2.24. The highest BCUT2D eigenvalue weighted by molar-refractivity contribution is 7.80. The van der Waals surface area contributed by atoms with Crippen LogP contribution in [0.1, 0.15) is 5.69 Å². The molecular formula is C9H9N5S2. The van der Waals surface area contributed by atoms with Crippen molar-refractivity contribution in [1.82, 2.24) is 15.0 Å². The molecule has 0 amide bonds. The maximum absolute atomic E-state index is 5.25. The molecule has 2 heterocycles. The summed E-state index contributed by atoms with van der Waals surface area (Å²) in [6, 6.07) is 3.84.